The summed E-state index contributed by atoms with van der Waals surface area (Å²) in [5.74, 6) is 2.23. The van der Waals surface area contributed by atoms with Crippen LogP contribution in [0.2, 0.25) is 0 Å². The van der Waals surface area contributed by atoms with E-state index in [1.54, 1.807) is 6.08 Å². The van der Waals surface area contributed by atoms with Gasteiger partial charge >= 0.3 is 5.97 Å². The van der Waals surface area contributed by atoms with Gasteiger partial charge in [0.2, 0.25) is 0 Å². The van der Waals surface area contributed by atoms with Gasteiger partial charge in [-0.25, -0.2) is 4.79 Å². The molecule has 4 nitrogen and oxygen atoms in total. The van der Waals surface area contributed by atoms with Crippen LogP contribution in [0.25, 0.3) is 0 Å². The second kappa shape index (κ2) is 10.6. The lowest BCUT2D eigenvalue weighted by molar-refractivity contribution is -0.137. The SMILES string of the molecule is CCOC(=O)/C=C/[C@@H](C)[C@H]1CCC2CC(=O)[C@H](CC)[C@@H]3C[C@H](O)CC[C@]3(C)C(C)CC[C@@]21C. The van der Waals surface area contributed by atoms with Crippen LogP contribution in [0.15, 0.2) is 12.2 Å². The maximum Gasteiger partial charge on any atom is 0.330 e. The van der Waals surface area contributed by atoms with Crippen LogP contribution in [-0.2, 0) is 14.3 Å². The van der Waals surface area contributed by atoms with Gasteiger partial charge in [0.25, 0.3) is 0 Å². The second-order valence-corrected chi connectivity index (χ2v) is 12.0. The highest BCUT2D eigenvalue weighted by atomic mass is 16.5. The van der Waals surface area contributed by atoms with Crippen LogP contribution in [0.4, 0.5) is 0 Å². The largest absolute Gasteiger partial charge is 0.463 e. The minimum Gasteiger partial charge on any atom is -0.463 e. The van der Waals surface area contributed by atoms with Gasteiger partial charge in [-0.05, 0) is 98.7 Å². The zero-order valence-electron chi connectivity index (χ0n) is 21.9. The summed E-state index contributed by atoms with van der Waals surface area (Å²) in [6.07, 6.45) is 12.1. The topological polar surface area (TPSA) is 63.6 Å². The lowest BCUT2D eigenvalue weighted by atomic mass is 9.53. The molecule has 0 spiro atoms. The van der Waals surface area contributed by atoms with Crippen molar-refractivity contribution in [1.82, 2.24) is 0 Å². The predicted octanol–water partition coefficient (Wildman–Crippen LogP) is 6.36. The van der Waals surface area contributed by atoms with Gasteiger partial charge in [0.15, 0.2) is 0 Å². The molecule has 0 amide bonds. The number of ether oxygens (including phenoxy) is 1. The van der Waals surface area contributed by atoms with Gasteiger partial charge in [-0.1, -0.05) is 40.7 Å². The maximum absolute atomic E-state index is 13.8. The van der Waals surface area contributed by atoms with E-state index in [1.807, 2.05) is 13.0 Å². The van der Waals surface area contributed by atoms with E-state index in [0.29, 0.717) is 42.5 Å². The number of carbonyl (C=O) groups is 2. The van der Waals surface area contributed by atoms with Gasteiger partial charge in [0.05, 0.1) is 12.7 Å². The first-order valence-corrected chi connectivity index (χ1v) is 13.6. The zero-order chi connectivity index (χ0) is 24.4. The minimum absolute atomic E-state index is 0.0648. The molecule has 0 radical (unpaired) electrons. The van der Waals surface area contributed by atoms with Crippen LogP contribution in [0, 0.1) is 46.3 Å². The second-order valence-electron chi connectivity index (χ2n) is 12.0. The third kappa shape index (κ3) is 5.26. The standard InChI is InChI=1S/C29H48O4/c1-7-23-25-18-22(30)14-16-28(25,5)20(4)13-15-29(6)21(17-26(23)31)10-11-24(29)19(3)9-12-27(32)33-8-2/h9,12,19-25,30H,7-8,10-11,13-18H2,1-6H3/b12-9+/t19-,20?,21?,22-,23-,24-,25+,28-,29+/m1/s1. The van der Waals surface area contributed by atoms with E-state index in [-0.39, 0.29) is 34.7 Å². The van der Waals surface area contributed by atoms with E-state index in [2.05, 4.69) is 34.6 Å². The molecule has 3 rings (SSSR count). The number of fused-ring (bicyclic) bond motifs is 2. The summed E-state index contributed by atoms with van der Waals surface area (Å²) in [7, 11) is 0. The summed E-state index contributed by atoms with van der Waals surface area (Å²) >= 11 is 0. The van der Waals surface area contributed by atoms with Crippen molar-refractivity contribution in [2.75, 3.05) is 6.61 Å². The number of rotatable bonds is 5. The van der Waals surface area contributed by atoms with E-state index in [0.717, 1.165) is 44.9 Å². The van der Waals surface area contributed by atoms with Gasteiger partial charge in [-0.2, -0.15) is 0 Å². The molecule has 188 valence electrons. The molecule has 3 aliphatic rings. The highest BCUT2D eigenvalue weighted by Gasteiger charge is 2.53. The minimum atomic E-state index is -0.261. The molecule has 3 fully saturated rings. The van der Waals surface area contributed by atoms with Gasteiger partial charge in [0.1, 0.15) is 5.78 Å². The number of esters is 1. The number of hydrogen-bond donors (Lipinski definition) is 1. The van der Waals surface area contributed by atoms with Crippen molar-refractivity contribution in [3.05, 3.63) is 12.2 Å². The first-order valence-electron chi connectivity index (χ1n) is 13.6. The zero-order valence-corrected chi connectivity index (χ0v) is 21.9. The molecule has 0 bridgehead atoms. The third-order valence-corrected chi connectivity index (χ3v) is 10.5. The molecular weight excluding hydrogens is 412 g/mol. The summed E-state index contributed by atoms with van der Waals surface area (Å²) in [6.45, 7) is 13.9. The molecule has 0 aromatic carbocycles. The normalized spacial score (nSPS) is 43.1. The smallest absolute Gasteiger partial charge is 0.330 e. The number of Topliss-reactive ketones (excluding diaryl/α,β-unsaturated/α-hetero) is 1. The number of allylic oxidation sites excluding steroid dienone is 1. The Bertz CT molecular complexity index is 729. The van der Waals surface area contributed by atoms with Crippen molar-refractivity contribution in [2.45, 2.75) is 105 Å². The Kier molecular flexibility index (Phi) is 8.51. The average Bonchev–Trinajstić information content (AvgIpc) is 3.09. The Morgan fingerprint density at radius 2 is 1.85 bits per heavy atom. The average molecular weight is 461 g/mol. The highest BCUT2D eigenvalue weighted by Crippen LogP contribution is 2.59. The van der Waals surface area contributed by atoms with E-state index < -0.39 is 0 Å². The number of hydrogen-bond acceptors (Lipinski definition) is 4. The lowest BCUT2D eigenvalue weighted by Gasteiger charge is -2.52. The fraction of sp³-hybridized carbons (Fsp3) is 0.862. The number of aliphatic hydroxyl groups is 1. The fourth-order valence-corrected chi connectivity index (χ4v) is 8.05. The van der Waals surface area contributed by atoms with Crippen LogP contribution in [-0.4, -0.2) is 29.6 Å². The molecule has 0 heterocycles. The Morgan fingerprint density at radius 3 is 2.52 bits per heavy atom. The van der Waals surface area contributed by atoms with Crippen molar-refractivity contribution >= 4 is 11.8 Å². The monoisotopic (exact) mass is 460 g/mol. The molecule has 0 saturated heterocycles. The number of ketones is 1. The lowest BCUT2D eigenvalue weighted by Crippen LogP contribution is -2.48. The summed E-state index contributed by atoms with van der Waals surface area (Å²) in [4.78, 5) is 25.7. The molecule has 0 aromatic heterocycles. The predicted molar refractivity (Wildman–Crippen MR) is 133 cm³/mol. The molecule has 3 aliphatic carbocycles. The molecule has 1 N–H and O–H groups in total. The third-order valence-electron chi connectivity index (χ3n) is 10.5. The van der Waals surface area contributed by atoms with E-state index in [9.17, 15) is 14.7 Å². The summed E-state index contributed by atoms with van der Waals surface area (Å²) < 4.78 is 5.09. The molecule has 9 atom stereocenters. The Hall–Kier alpha value is -1.16. The van der Waals surface area contributed by atoms with Gasteiger partial charge < -0.3 is 9.84 Å². The molecule has 0 aliphatic heterocycles. The Balaban J connectivity index is 1.88. The van der Waals surface area contributed by atoms with Crippen LogP contribution in [0.1, 0.15) is 99.3 Å². The van der Waals surface area contributed by atoms with Crippen molar-refractivity contribution in [1.29, 1.82) is 0 Å². The van der Waals surface area contributed by atoms with Crippen molar-refractivity contribution in [3.8, 4) is 0 Å². The first-order chi connectivity index (χ1) is 15.6. The molecular formula is C29H48O4. The Morgan fingerprint density at radius 1 is 1.15 bits per heavy atom. The van der Waals surface area contributed by atoms with Crippen molar-refractivity contribution in [2.24, 2.45) is 46.3 Å². The molecule has 33 heavy (non-hydrogen) atoms. The number of aliphatic hydroxyl groups excluding tert-OH is 1. The Labute approximate surface area is 201 Å². The quantitative estimate of drug-likeness (QED) is 0.383. The summed E-state index contributed by atoms with van der Waals surface area (Å²) in [5, 5.41) is 10.5. The molecule has 4 heteroatoms. The summed E-state index contributed by atoms with van der Waals surface area (Å²) in [6, 6.07) is 0. The van der Waals surface area contributed by atoms with Crippen molar-refractivity contribution < 1.29 is 19.4 Å². The van der Waals surface area contributed by atoms with Crippen LogP contribution in [0.5, 0.6) is 0 Å². The fourth-order valence-electron chi connectivity index (χ4n) is 8.05. The highest BCUT2D eigenvalue weighted by molar-refractivity contribution is 5.82. The van der Waals surface area contributed by atoms with Crippen molar-refractivity contribution in [3.63, 3.8) is 0 Å². The summed E-state index contributed by atoms with van der Waals surface area (Å²) in [5.41, 5.74) is 0.223. The number of carbonyl (C=O) groups excluding carboxylic acids is 2. The van der Waals surface area contributed by atoms with E-state index in [1.165, 1.54) is 6.42 Å². The van der Waals surface area contributed by atoms with Crippen LogP contribution in [0.3, 0.4) is 0 Å². The molecule has 2 unspecified atom stereocenters. The van der Waals surface area contributed by atoms with Gasteiger partial charge in [0, 0.05) is 18.4 Å². The molecule has 3 saturated carbocycles. The first kappa shape index (κ1) is 26.4. The van der Waals surface area contributed by atoms with Gasteiger partial charge in [-0.3, -0.25) is 4.79 Å². The van der Waals surface area contributed by atoms with Crippen LogP contribution >= 0.6 is 0 Å². The van der Waals surface area contributed by atoms with E-state index in [4.69, 9.17) is 4.74 Å². The molecule has 0 aromatic rings. The maximum atomic E-state index is 13.8. The van der Waals surface area contributed by atoms with Crippen LogP contribution < -0.4 is 0 Å². The van der Waals surface area contributed by atoms with Gasteiger partial charge in [-0.15, -0.1) is 0 Å². The van der Waals surface area contributed by atoms with E-state index >= 15 is 0 Å².